The van der Waals surface area contributed by atoms with Crippen LogP contribution in [-0.4, -0.2) is 61.2 Å². The van der Waals surface area contributed by atoms with Gasteiger partial charge in [0.25, 0.3) is 0 Å². The number of likely N-dealkylation sites (N-methyl/N-ethyl adjacent to an activating group) is 1. The number of halogens is 1. The summed E-state index contributed by atoms with van der Waals surface area (Å²) in [6.45, 7) is 1.28. The minimum absolute atomic E-state index is 0. The van der Waals surface area contributed by atoms with Crippen LogP contribution in [0.2, 0.25) is 0 Å². The van der Waals surface area contributed by atoms with Crippen LogP contribution >= 0.6 is 0 Å². The average molecular weight is 447 g/mol. The van der Waals surface area contributed by atoms with E-state index in [2.05, 4.69) is 4.90 Å². The fraction of sp³-hybridized carbons (Fsp3) is 0.700. The number of benzene rings is 1. The van der Waals surface area contributed by atoms with Gasteiger partial charge in [-0.2, -0.15) is 0 Å². The van der Waals surface area contributed by atoms with E-state index in [1.165, 1.54) is 19.3 Å². The molecule has 0 bridgehead atoms. The molecule has 1 heterocycles. The third-order valence-corrected chi connectivity index (χ3v) is 5.84. The van der Waals surface area contributed by atoms with Gasteiger partial charge in [0.2, 0.25) is 0 Å². The number of nitrogens with zero attached hydrogens (tertiary/aromatic N) is 2. The maximum Gasteiger partial charge on any atom is 0.105 e. The zero-order chi connectivity index (χ0) is 18.8. The van der Waals surface area contributed by atoms with E-state index in [1.807, 2.05) is 37.4 Å². The lowest BCUT2D eigenvalue weighted by Gasteiger charge is -2.45. The van der Waals surface area contributed by atoms with Crippen molar-refractivity contribution >= 4 is 0 Å². The minimum Gasteiger partial charge on any atom is -1.00 e. The number of piperazine rings is 1. The highest BCUT2D eigenvalue weighted by Crippen LogP contribution is 2.40. The molecule has 1 aromatic rings. The highest BCUT2D eigenvalue weighted by molar-refractivity contribution is 5.24. The second-order valence-electron chi connectivity index (χ2n) is 7.74. The molecule has 1 aromatic carbocycles. The fourth-order valence-corrected chi connectivity index (χ4v) is 4.21. The topological polar surface area (TPSA) is 23.5 Å². The highest BCUT2D eigenvalue weighted by atomic mass is 127. The molecule has 1 aliphatic carbocycles. The molecule has 4 heteroatoms. The lowest BCUT2D eigenvalue weighted by Crippen LogP contribution is -3.00. The first-order chi connectivity index (χ1) is 12.2. The molecule has 2 fully saturated rings. The van der Waals surface area contributed by atoms with E-state index in [0.717, 1.165) is 31.5 Å². The minimum atomic E-state index is -1.97. The fourth-order valence-electron chi connectivity index (χ4n) is 4.21. The molecular weight excluding hydrogens is 411 g/mol. The van der Waals surface area contributed by atoms with Gasteiger partial charge >= 0.3 is 0 Å². The standard InChI is InChI=1S/C20H33N2O.HI/c1-22(2)15-13-21(14-16-22)17-20(23,18-9-5-3-6-10-18)19-11-7-4-8-12-19;/h3,5-6,9-10,19,23H,4,7-8,11-17H2,1-2H3;1H/q+1;/p-1/i1D3;. The van der Waals surface area contributed by atoms with Gasteiger partial charge in [-0.25, -0.2) is 0 Å². The van der Waals surface area contributed by atoms with Crippen molar-refractivity contribution in [1.29, 1.82) is 0 Å². The lowest BCUT2D eigenvalue weighted by atomic mass is 9.73. The summed E-state index contributed by atoms with van der Waals surface area (Å²) in [6, 6.07) is 10.1. The van der Waals surface area contributed by atoms with Crippen LogP contribution in [0.5, 0.6) is 0 Å². The summed E-state index contributed by atoms with van der Waals surface area (Å²) in [5, 5.41) is 11.8. The zero-order valence-electron chi connectivity index (χ0n) is 17.8. The number of hydrogen-bond donors (Lipinski definition) is 1. The lowest BCUT2D eigenvalue weighted by molar-refractivity contribution is -0.894. The average Bonchev–Trinajstić information content (AvgIpc) is 2.64. The molecule has 1 N–H and O–H groups in total. The van der Waals surface area contributed by atoms with Crippen molar-refractivity contribution in [3.05, 3.63) is 35.9 Å². The molecule has 24 heavy (non-hydrogen) atoms. The van der Waals surface area contributed by atoms with Crippen molar-refractivity contribution in [3.8, 4) is 0 Å². The summed E-state index contributed by atoms with van der Waals surface area (Å²) in [5.41, 5.74) is 0.160. The first-order valence-electron chi connectivity index (χ1n) is 10.6. The Morgan fingerprint density at radius 3 is 2.38 bits per heavy atom. The summed E-state index contributed by atoms with van der Waals surface area (Å²) in [7, 11) is 1.83. The third-order valence-electron chi connectivity index (χ3n) is 5.84. The molecule has 136 valence electrons. The maximum atomic E-state index is 11.8. The van der Waals surface area contributed by atoms with Gasteiger partial charge in [-0.1, -0.05) is 49.6 Å². The van der Waals surface area contributed by atoms with Crippen LogP contribution in [0.25, 0.3) is 0 Å². The summed E-state index contributed by atoms with van der Waals surface area (Å²) in [4.78, 5) is 2.27. The van der Waals surface area contributed by atoms with Crippen LogP contribution in [0, 0.1) is 5.92 Å². The van der Waals surface area contributed by atoms with Crippen LogP contribution < -0.4 is 24.0 Å². The Morgan fingerprint density at radius 1 is 1.17 bits per heavy atom. The largest absolute Gasteiger partial charge is 1.00 e. The SMILES string of the molecule is [2H]C([2H])([2H])[N+]1(C)CCN(CC(O)(c2ccccc2)C2CCCCC2)CC1.[I-]. The Kier molecular flexibility index (Phi) is 5.66. The molecular formula is C20H33IN2O. The van der Waals surface area contributed by atoms with E-state index in [4.69, 9.17) is 4.11 Å². The molecule has 1 saturated heterocycles. The van der Waals surface area contributed by atoms with Crippen molar-refractivity contribution in [1.82, 2.24) is 4.90 Å². The Hall–Kier alpha value is -0.170. The molecule has 0 radical (unpaired) electrons. The van der Waals surface area contributed by atoms with Crippen LogP contribution in [0.3, 0.4) is 0 Å². The van der Waals surface area contributed by atoms with Crippen LogP contribution in [0.15, 0.2) is 30.3 Å². The van der Waals surface area contributed by atoms with Gasteiger partial charge in [0.15, 0.2) is 0 Å². The predicted molar refractivity (Wildman–Crippen MR) is 95.2 cm³/mol. The van der Waals surface area contributed by atoms with Crippen LogP contribution in [0.4, 0.5) is 0 Å². The Labute approximate surface area is 168 Å². The van der Waals surface area contributed by atoms with E-state index < -0.39 is 12.6 Å². The molecule has 0 spiro atoms. The summed E-state index contributed by atoms with van der Waals surface area (Å²) >= 11 is 0. The monoisotopic (exact) mass is 447 g/mol. The van der Waals surface area contributed by atoms with Crippen molar-refractivity contribution in [3.63, 3.8) is 0 Å². The first kappa shape index (κ1) is 16.0. The molecule has 1 atom stereocenters. The van der Waals surface area contributed by atoms with E-state index in [0.29, 0.717) is 19.6 Å². The van der Waals surface area contributed by atoms with Gasteiger partial charge < -0.3 is 33.6 Å². The molecule has 1 saturated carbocycles. The van der Waals surface area contributed by atoms with E-state index in [9.17, 15) is 5.11 Å². The zero-order valence-corrected chi connectivity index (χ0v) is 16.9. The number of β-amino-alcohol motifs (C(OH)–C–C–N with tert-alkyl or cyclic N) is 1. The Bertz CT molecular complexity index is 585. The quantitative estimate of drug-likeness (QED) is 0.513. The Morgan fingerprint density at radius 2 is 1.79 bits per heavy atom. The summed E-state index contributed by atoms with van der Waals surface area (Å²) in [6.07, 6.45) is 5.78. The van der Waals surface area contributed by atoms with Crippen LogP contribution in [-0.2, 0) is 5.60 Å². The maximum absolute atomic E-state index is 11.8. The number of quaternary nitrogens is 1. The normalized spacial score (nSPS) is 27.2. The number of hydrogen-bond acceptors (Lipinski definition) is 2. The van der Waals surface area contributed by atoms with Gasteiger partial charge in [-0.3, -0.25) is 4.90 Å². The van der Waals surface area contributed by atoms with E-state index >= 15 is 0 Å². The Balaban J connectivity index is 0.00000261. The highest BCUT2D eigenvalue weighted by Gasteiger charge is 2.41. The van der Waals surface area contributed by atoms with Gasteiger partial charge in [-0.15, -0.1) is 0 Å². The molecule has 1 unspecified atom stereocenters. The summed E-state index contributed by atoms with van der Waals surface area (Å²) in [5.74, 6) is 0.282. The summed E-state index contributed by atoms with van der Waals surface area (Å²) < 4.78 is 23.5. The molecule has 2 aliphatic rings. The van der Waals surface area contributed by atoms with E-state index in [1.54, 1.807) is 0 Å². The number of rotatable bonds is 4. The van der Waals surface area contributed by atoms with Crippen molar-refractivity contribution in [2.24, 2.45) is 5.92 Å². The van der Waals surface area contributed by atoms with Crippen molar-refractivity contribution < 1.29 is 37.7 Å². The smallest absolute Gasteiger partial charge is 0.105 e. The molecule has 1 aliphatic heterocycles. The van der Waals surface area contributed by atoms with Gasteiger partial charge in [-0.05, 0) is 24.3 Å². The van der Waals surface area contributed by atoms with Crippen LogP contribution in [0.1, 0.15) is 41.8 Å². The second-order valence-corrected chi connectivity index (χ2v) is 7.74. The third kappa shape index (κ3) is 4.71. The second kappa shape index (κ2) is 8.47. The number of aliphatic hydroxyl groups is 1. The van der Waals surface area contributed by atoms with Gasteiger partial charge in [0.1, 0.15) is 5.60 Å². The molecule has 3 nitrogen and oxygen atoms in total. The van der Waals surface area contributed by atoms with Gasteiger partial charge in [0, 0.05) is 19.6 Å². The van der Waals surface area contributed by atoms with E-state index in [-0.39, 0.29) is 34.4 Å². The van der Waals surface area contributed by atoms with Gasteiger partial charge in [0.05, 0.1) is 31.2 Å². The van der Waals surface area contributed by atoms with Crippen molar-refractivity contribution in [2.45, 2.75) is 37.7 Å². The molecule has 0 aromatic heterocycles. The first-order valence-corrected chi connectivity index (χ1v) is 9.09. The molecule has 0 amide bonds. The molecule has 3 rings (SSSR count). The van der Waals surface area contributed by atoms with Crippen molar-refractivity contribution in [2.75, 3.05) is 46.7 Å². The predicted octanol–water partition coefficient (Wildman–Crippen LogP) is -0.149.